The summed E-state index contributed by atoms with van der Waals surface area (Å²) in [6, 6.07) is 6.95. The Labute approximate surface area is 115 Å². The first-order valence-corrected chi connectivity index (χ1v) is 8.30. The highest BCUT2D eigenvalue weighted by atomic mass is 32.2. The van der Waals surface area contributed by atoms with Crippen LogP contribution < -0.4 is 5.32 Å². The first kappa shape index (κ1) is 14.3. The third kappa shape index (κ3) is 3.09. The van der Waals surface area contributed by atoms with Gasteiger partial charge in [-0.1, -0.05) is 13.3 Å². The molecule has 1 aromatic carbocycles. The third-order valence-electron chi connectivity index (χ3n) is 3.84. The van der Waals surface area contributed by atoms with E-state index in [9.17, 15) is 8.42 Å². The molecule has 19 heavy (non-hydrogen) atoms. The highest BCUT2D eigenvalue weighted by molar-refractivity contribution is 7.89. The van der Waals surface area contributed by atoms with E-state index in [0.29, 0.717) is 23.9 Å². The van der Waals surface area contributed by atoms with Gasteiger partial charge in [0.15, 0.2) is 0 Å². The van der Waals surface area contributed by atoms with Gasteiger partial charge in [0.05, 0.1) is 4.90 Å². The summed E-state index contributed by atoms with van der Waals surface area (Å²) in [4.78, 5) is 0.392. The van der Waals surface area contributed by atoms with E-state index in [2.05, 4.69) is 12.2 Å². The van der Waals surface area contributed by atoms with Crippen LogP contribution in [0.15, 0.2) is 29.2 Å². The lowest BCUT2D eigenvalue weighted by Gasteiger charge is -2.31. The molecule has 1 atom stereocenters. The van der Waals surface area contributed by atoms with Gasteiger partial charge >= 0.3 is 0 Å². The van der Waals surface area contributed by atoms with Gasteiger partial charge < -0.3 is 5.32 Å². The van der Waals surface area contributed by atoms with Gasteiger partial charge in [-0.3, -0.25) is 0 Å². The zero-order valence-corrected chi connectivity index (χ0v) is 12.4. The second-order valence-corrected chi connectivity index (χ2v) is 6.99. The molecule has 1 heterocycles. The zero-order valence-electron chi connectivity index (χ0n) is 11.6. The number of hydrogen-bond donors (Lipinski definition) is 1. The molecule has 1 aliphatic rings. The summed E-state index contributed by atoms with van der Waals surface area (Å²) in [5, 5.41) is 2.99. The van der Waals surface area contributed by atoms with Crippen molar-refractivity contribution in [2.45, 2.75) is 31.1 Å². The van der Waals surface area contributed by atoms with Crippen LogP contribution in [0.5, 0.6) is 0 Å². The normalized spacial score (nSPS) is 21.3. The largest absolute Gasteiger partial charge is 0.388 e. The molecular formula is C14H22N2O2S. The van der Waals surface area contributed by atoms with Crippen LogP contribution in [0.3, 0.4) is 0 Å². The number of anilines is 1. The van der Waals surface area contributed by atoms with Crippen molar-refractivity contribution in [2.24, 2.45) is 5.92 Å². The van der Waals surface area contributed by atoms with E-state index in [1.54, 1.807) is 28.6 Å². The van der Waals surface area contributed by atoms with Crippen molar-refractivity contribution in [3.05, 3.63) is 24.3 Å². The lowest BCUT2D eigenvalue weighted by atomic mass is 9.97. The van der Waals surface area contributed by atoms with E-state index in [1.807, 2.05) is 7.05 Å². The number of hydrogen-bond acceptors (Lipinski definition) is 3. The topological polar surface area (TPSA) is 49.4 Å². The summed E-state index contributed by atoms with van der Waals surface area (Å²) in [5.74, 6) is 0.500. The second-order valence-electron chi connectivity index (χ2n) is 5.05. The van der Waals surface area contributed by atoms with Gasteiger partial charge in [0.2, 0.25) is 10.0 Å². The van der Waals surface area contributed by atoms with Gasteiger partial charge in [-0.2, -0.15) is 4.31 Å². The molecule has 1 unspecified atom stereocenters. The first-order valence-electron chi connectivity index (χ1n) is 6.86. The van der Waals surface area contributed by atoms with E-state index in [-0.39, 0.29) is 0 Å². The van der Waals surface area contributed by atoms with Crippen LogP contribution in [0.25, 0.3) is 0 Å². The standard InChI is InChI=1S/C14H22N2O2S/c1-3-12-5-4-10-16(11-12)19(17,18)14-8-6-13(15-2)7-9-14/h6-9,12,15H,3-5,10-11H2,1-2H3. The monoisotopic (exact) mass is 282 g/mol. The quantitative estimate of drug-likeness (QED) is 0.923. The van der Waals surface area contributed by atoms with Crippen LogP contribution in [0.2, 0.25) is 0 Å². The maximum absolute atomic E-state index is 12.6. The predicted molar refractivity (Wildman–Crippen MR) is 77.8 cm³/mol. The van der Waals surface area contributed by atoms with Gasteiger partial charge in [-0.15, -0.1) is 0 Å². The average Bonchev–Trinajstić information content (AvgIpc) is 2.47. The molecule has 0 spiro atoms. The molecular weight excluding hydrogens is 260 g/mol. The van der Waals surface area contributed by atoms with Crippen LogP contribution in [-0.2, 0) is 10.0 Å². The second kappa shape index (κ2) is 5.92. The molecule has 4 nitrogen and oxygen atoms in total. The molecule has 1 fully saturated rings. The number of sulfonamides is 1. The molecule has 106 valence electrons. The van der Waals surface area contributed by atoms with Crippen molar-refractivity contribution in [3.63, 3.8) is 0 Å². The molecule has 1 N–H and O–H groups in total. The van der Waals surface area contributed by atoms with E-state index >= 15 is 0 Å². The van der Waals surface area contributed by atoms with E-state index in [4.69, 9.17) is 0 Å². The molecule has 0 amide bonds. The molecule has 5 heteroatoms. The van der Waals surface area contributed by atoms with E-state index < -0.39 is 10.0 Å². The van der Waals surface area contributed by atoms with Crippen molar-refractivity contribution < 1.29 is 8.42 Å². The Kier molecular flexibility index (Phi) is 4.47. The molecule has 1 aromatic rings. The van der Waals surface area contributed by atoms with Gasteiger partial charge in [0.25, 0.3) is 0 Å². The SMILES string of the molecule is CCC1CCCN(S(=O)(=O)c2ccc(NC)cc2)C1. The lowest BCUT2D eigenvalue weighted by molar-refractivity contribution is 0.261. The summed E-state index contributed by atoms with van der Waals surface area (Å²) in [6.45, 7) is 3.43. The first-order chi connectivity index (χ1) is 9.07. The van der Waals surface area contributed by atoms with Gasteiger partial charge in [0.1, 0.15) is 0 Å². The Morgan fingerprint density at radius 1 is 1.32 bits per heavy atom. The highest BCUT2D eigenvalue weighted by Gasteiger charge is 2.29. The summed E-state index contributed by atoms with van der Waals surface area (Å²) in [5.41, 5.74) is 0.920. The molecule has 0 saturated carbocycles. The minimum absolute atomic E-state index is 0.392. The number of rotatable bonds is 4. The van der Waals surface area contributed by atoms with Crippen LogP contribution in [0.1, 0.15) is 26.2 Å². The summed E-state index contributed by atoms with van der Waals surface area (Å²) < 4.78 is 26.7. The predicted octanol–water partition coefficient (Wildman–Crippen LogP) is 2.54. The third-order valence-corrected chi connectivity index (χ3v) is 5.72. The van der Waals surface area contributed by atoms with Gasteiger partial charge in [-0.05, 0) is 43.0 Å². The van der Waals surface area contributed by atoms with E-state index in [0.717, 1.165) is 24.9 Å². The number of nitrogens with zero attached hydrogens (tertiary/aromatic N) is 1. The Bertz CT molecular complexity index is 511. The van der Waals surface area contributed by atoms with Crippen LogP contribution in [-0.4, -0.2) is 32.9 Å². The Balaban J connectivity index is 2.20. The van der Waals surface area contributed by atoms with E-state index in [1.165, 1.54) is 0 Å². The molecule has 1 aliphatic heterocycles. The number of nitrogens with one attached hydrogen (secondary N) is 1. The maximum Gasteiger partial charge on any atom is 0.243 e. The van der Waals surface area contributed by atoms with Crippen molar-refractivity contribution >= 4 is 15.7 Å². The minimum Gasteiger partial charge on any atom is -0.388 e. The lowest BCUT2D eigenvalue weighted by Crippen LogP contribution is -2.39. The fraction of sp³-hybridized carbons (Fsp3) is 0.571. The summed E-state index contributed by atoms with van der Waals surface area (Å²) in [7, 11) is -1.51. The number of benzene rings is 1. The van der Waals surface area contributed by atoms with Crippen molar-refractivity contribution in [3.8, 4) is 0 Å². The van der Waals surface area contributed by atoms with Crippen molar-refractivity contribution in [1.82, 2.24) is 4.31 Å². The molecule has 2 rings (SSSR count). The highest BCUT2D eigenvalue weighted by Crippen LogP contribution is 2.25. The smallest absolute Gasteiger partial charge is 0.243 e. The average molecular weight is 282 g/mol. The Morgan fingerprint density at radius 2 is 2.00 bits per heavy atom. The van der Waals surface area contributed by atoms with Crippen molar-refractivity contribution in [2.75, 3.05) is 25.5 Å². The molecule has 0 radical (unpaired) electrons. The van der Waals surface area contributed by atoms with Gasteiger partial charge in [0, 0.05) is 25.8 Å². The van der Waals surface area contributed by atoms with Crippen LogP contribution >= 0.6 is 0 Å². The fourth-order valence-corrected chi connectivity index (χ4v) is 4.08. The minimum atomic E-state index is -3.32. The summed E-state index contributed by atoms with van der Waals surface area (Å²) >= 11 is 0. The molecule has 1 saturated heterocycles. The Hall–Kier alpha value is -1.07. The maximum atomic E-state index is 12.6. The molecule has 0 bridgehead atoms. The van der Waals surface area contributed by atoms with Crippen LogP contribution in [0, 0.1) is 5.92 Å². The zero-order chi connectivity index (χ0) is 13.9. The number of piperidine rings is 1. The van der Waals surface area contributed by atoms with Crippen LogP contribution in [0.4, 0.5) is 5.69 Å². The fourth-order valence-electron chi connectivity index (χ4n) is 2.52. The molecule has 0 aromatic heterocycles. The summed E-state index contributed by atoms with van der Waals surface area (Å²) in [6.07, 6.45) is 3.15. The Morgan fingerprint density at radius 3 is 2.58 bits per heavy atom. The van der Waals surface area contributed by atoms with Gasteiger partial charge in [-0.25, -0.2) is 8.42 Å². The molecule has 0 aliphatic carbocycles. The van der Waals surface area contributed by atoms with Crippen molar-refractivity contribution in [1.29, 1.82) is 0 Å².